The van der Waals surface area contributed by atoms with Crippen LogP contribution in [0.15, 0.2) is 51.8 Å². The molecule has 0 spiro atoms. The lowest BCUT2D eigenvalue weighted by molar-refractivity contribution is -0.119. The van der Waals surface area contributed by atoms with E-state index >= 15 is 0 Å². The fourth-order valence-electron chi connectivity index (χ4n) is 2.43. The van der Waals surface area contributed by atoms with Crippen molar-refractivity contribution in [1.82, 2.24) is 14.8 Å². The molecule has 1 aromatic carbocycles. The average molecular weight is 438 g/mol. The van der Waals surface area contributed by atoms with Gasteiger partial charge in [-0.3, -0.25) is 14.5 Å². The summed E-state index contributed by atoms with van der Waals surface area (Å²) in [5.74, 6) is -0.114. The first-order chi connectivity index (χ1) is 11.1. The molecule has 0 aliphatic carbocycles. The van der Waals surface area contributed by atoms with Crippen LogP contribution in [0.3, 0.4) is 0 Å². The van der Waals surface area contributed by atoms with Gasteiger partial charge in [0, 0.05) is 22.3 Å². The lowest BCUT2D eigenvalue weighted by atomic mass is 10.1. The van der Waals surface area contributed by atoms with Gasteiger partial charge in [0.1, 0.15) is 6.04 Å². The highest BCUT2D eigenvalue weighted by molar-refractivity contribution is 9.11. The van der Waals surface area contributed by atoms with Gasteiger partial charge in [-0.1, -0.05) is 28.9 Å². The minimum atomic E-state index is -0.372. The van der Waals surface area contributed by atoms with Crippen LogP contribution in [0.2, 0.25) is 0 Å². The van der Waals surface area contributed by atoms with Crippen molar-refractivity contribution in [3.8, 4) is 0 Å². The molecule has 0 aliphatic rings. The van der Waals surface area contributed by atoms with E-state index in [1.807, 2.05) is 31.2 Å². The number of amides is 1. The molecule has 0 saturated heterocycles. The number of aromatic nitrogens is 3. The average Bonchev–Trinajstić information content (AvgIpc) is 2.97. The summed E-state index contributed by atoms with van der Waals surface area (Å²) in [7, 11) is 0. The maximum Gasteiger partial charge on any atom is 0.249 e. The molecule has 0 bridgehead atoms. The van der Waals surface area contributed by atoms with Gasteiger partial charge < -0.3 is 5.32 Å². The number of pyridine rings is 1. The van der Waals surface area contributed by atoms with Crippen molar-refractivity contribution in [3.05, 3.63) is 51.8 Å². The van der Waals surface area contributed by atoms with Crippen LogP contribution in [0.1, 0.15) is 19.4 Å². The molecule has 3 aromatic rings. The van der Waals surface area contributed by atoms with Crippen LogP contribution in [0.4, 0.5) is 5.69 Å². The lowest BCUT2D eigenvalue weighted by Gasteiger charge is -2.16. The molecule has 2 heterocycles. The van der Waals surface area contributed by atoms with Crippen LogP contribution in [0.5, 0.6) is 0 Å². The van der Waals surface area contributed by atoms with E-state index in [1.54, 1.807) is 23.3 Å². The summed E-state index contributed by atoms with van der Waals surface area (Å²) in [6.07, 6.45) is 5.83. The second kappa shape index (κ2) is 6.80. The molecular formula is C16H14Br2N4O. The van der Waals surface area contributed by atoms with Crippen molar-refractivity contribution < 1.29 is 4.79 Å². The lowest BCUT2D eigenvalue weighted by Crippen LogP contribution is -2.26. The first-order valence-electron chi connectivity index (χ1n) is 7.14. The quantitative estimate of drug-likeness (QED) is 0.651. The Morgan fingerprint density at radius 3 is 2.87 bits per heavy atom. The second-order valence-electron chi connectivity index (χ2n) is 5.05. The van der Waals surface area contributed by atoms with Gasteiger partial charge in [0.05, 0.1) is 21.9 Å². The number of carbonyl (C=O) groups is 1. The SMILES string of the molecule is CCC(C(=O)Nc1ccc(Br)c2cccnc12)n1cc(Br)cn1. The molecule has 0 aliphatic heterocycles. The molecule has 118 valence electrons. The van der Waals surface area contributed by atoms with Crippen LogP contribution >= 0.6 is 31.9 Å². The molecule has 0 fully saturated rings. The summed E-state index contributed by atoms with van der Waals surface area (Å²) < 4.78 is 3.45. The molecule has 2 aromatic heterocycles. The third-order valence-electron chi connectivity index (χ3n) is 3.55. The summed E-state index contributed by atoms with van der Waals surface area (Å²) in [5.41, 5.74) is 1.45. The Hall–Kier alpha value is -1.73. The Balaban J connectivity index is 1.92. The summed E-state index contributed by atoms with van der Waals surface area (Å²) in [6, 6.07) is 7.22. The largest absolute Gasteiger partial charge is 0.322 e. The number of benzene rings is 1. The molecule has 0 saturated carbocycles. The molecule has 0 radical (unpaired) electrons. The maximum atomic E-state index is 12.7. The van der Waals surface area contributed by atoms with Crippen molar-refractivity contribution in [2.45, 2.75) is 19.4 Å². The summed E-state index contributed by atoms with van der Waals surface area (Å²) >= 11 is 6.86. The van der Waals surface area contributed by atoms with E-state index in [2.05, 4.69) is 47.3 Å². The molecule has 1 N–H and O–H groups in total. The topological polar surface area (TPSA) is 59.8 Å². The standard InChI is InChI=1S/C16H14Br2N4O/c1-2-14(22-9-10(17)8-20-22)16(23)21-13-6-5-12(18)11-4-3-7-19-15(11)13/h3-9,14H,2H2,1H3,(H,21,23). The van der Waals surface area contributed by atoms with Gasteiger partial charge in [-0.2, -0.15) is 5.10 Å². The highest BCUT2D eigenvalue weighted by Crippen LogP contribution is 2.29. The maximum absolute atomic E-state index is 12.7. The van der Waals surface area contributed by atoms with Crippen molar-refractivity contribution in [1.29, 1.82) is 0 Å². The molecule has 5 nitrogen and oxygen atoms in total. The van der Waals surface area contributed by atoms with E-state index in [0.717, 1.165) is 19.8 Å². The van der Waals surface area contributed by atoms with E-state index in [1.165, 1.54) is 0 Å². The highest BCUT2D eigenvalue weighted by atomic mass is 79.9. The van der Waals surface area contributed by atoms with E-state index in [-0.39, 0.29) is 11.9 Å². The zero-order valence-electron chi connectivity index (χ0n) is 12.3. The molecule has 1 unspecified atom stereocenters. The third kappa shape index (κ3) is 3.30. The van der Waals surface area contributed by atoms with Gasteiger partial charge in [0.15, 0.2) is 0 Å². The Bertz CT molecular complexity index is 862. The van der Waals surface area contributed by atoms with Gasteiger partial charge in [0.2, 0.25) is 5.91 Å². The van der Waals surface area contributed by atoms with Gasteiger partial charge in [-0.25, -0.2) is 0 Å². The Morgan fingerprint density at radius 2 is 2.17 bits per heavy atom. The van der Waals surface area contributed by atoms with Crippen LogP contribution in [0, 0.1) is 0 Å². The Labute approximate surface area is 150 Å². The molecule has 7 heteroatoms. The summed E-state index contributed by atoms with van der Waals surface area (Å²) in [6.45, 7) is 1.96. The highest BCUT2D eigenvalue weighted by Gasteiger charge is 2.20. The monoisotopic (exact) mass is 436 g/mol. The van der Waals surface area contributed by atoms with Gasteiger partial charge in [-0.15, -0.1) is 0 Å². The Morgan fingerprint density at radius 1 is 1.35 bits per heavy atom. The van der Waals surface area contributed by atoms with Crippen molar-refractivity contribution in [2.24, 2.45) is 0 Å². The fraction of sp³-hybridized carbons (Fsp3) is 0.188. The number of anilines is 1. The van der Waals surface area contributed by atoms with E-state index in [9.17, 15) is 4.79 Å². The number of nitrogens with one attached hydrogen (secondary N) is 1. The smallest absolute Gasteiger partial charge is 0.249 e. The minimum Gasteiger partial charge on any atom is -0.322 e. The molecule has 3 rings (SSSR count). The fourth-order valence-corrected chi connectivity index (χ4v) is 3.19. The van der Waals surface area contributed by atoms with Crippen molar-refractivity contribution >= 4 is 54.4 Å². The van der Waals surface area contributed by atoms with Crippen LogP contribution in [0.25, 0.3) is 10.9 Å². The number of carbonyl (C=O) groups excluding carboxylic acids is 1. The zero-order valence-corrected chi connectivity index (χ0v) is 15.5. The number of halogens is 2. The summed E-state index contributed by atoms with van der Waals surface area (Å²) in [5, 5.41) is 8.14. The predicted molar refractivity (Wildman–Crippen MR) is 97.3 cm³/mol. The van der Waals surface area contributed by atoms with E-state index < -0.39 is 0 Å². The van der Waals surface area contributed by atoms with E-state index in [0.29, 0.717) is 12.1 Å². The van der Waals surface area contributed by atoms with Gasteiger partial charge in [0.25, 0.3) is 0 Å². The minimum absolute atomic E-state index is 0.114. The van der Waals surface area contributed by atoms with Crippen molar-refractivity contribution in [3.63, 3.8) is 0 Å². The molecule has 1 amide bonds. The molecular weight excluding hydrogens is 424 g/mol. The number of nitrogens with zero attached hydrogens (tertiary/aromatic N) is 3. The number of hydrogen-bond acceptors (Lipinski definition) is 3. The van der Waals surface area contributed by atoms with Gasteiger partial charge in [-0.05, 0) is 40.5 Å². The van der Waals surface area contributed by atoms with E-state index in [4.69, 9.17) is 0 Å². The van der Waals surface area contributed by atoms with Crippen molar-refractivity contribution in [2.75, 3.05) is 5.32 Å². The summed E-state index contributed by atoms with van der Waals surface area (Å²) in [4.78, 5) is 17.0. The number of rotatable bonds is 4. The molecule has 23 heavy (non-hydrogen) atoms. The predicted octanol–water partition coefficient (Wildman–Crippen LogP) is 4.55. The normalized spacial score (nSPS) is 12.3. The first kappa shape index (κ1) is 16.1. The number of fused-ring (bicyclic) bond motifs is 1. The van der Waals surface area contributed by atoms with Crippen LogP contribution in [-0.2, 0) is 4.79 Å². The Kier molecular flexibility index (Phi) is 4.77. The third-order valence-corrected chi connectivity index (χ3v) is 4.65. The second-order valence-corrected chi connectivity index (χ2v) is 6.82. The zero-order chi connectivity index (χ0) is 16.4. The first-order valence-corrected chi connectivity index (χ1v) is 8.72. The number of hydrogen-bond donors (Lipinski definition) is 1. The van der Waals surface area contributed by atoms with Crippen LogP contribution < -0.4 is 5.32 Å². The van der Waals surface area contributed by atoms with Gasteiger partial charge >= 0.3 is 0 Å². The molecule has 1 atom stereocenters. The van der Waals surface area contributed by atoms with Crippen LogP contribution in [-0.4, -0.2) is 20.7 Å².